The van der Waals surface area contributed by atoms with Gasteiger partial charge in [0.25, 0.3) is 0 Å². The molecule has 2 heteroatoms. The summed E-state index contributed by atoms with van der Waals surface area (Å²) >= 11 is 0. The smallest absolute Gasteiger partial charge is 0.0751 e. The molecule has 21 heavy (non-hydrogen) atoms. The van der Waals surface area contributed by atoms with Gasteiger partial charge in [-0.3, -0.25) is 4.98 Å². The predicted molar refractivity (Wildman–Crippen MR) is 89.5 cm³/mol. The second-order valence-electron chi connectivity index (χ2n) is 5.64. The quantitative estimate of drug-likeness (QED) is 0.812. The fraction of sp³-hybridized carbons (Fsp3) is 0.421. The molecule has 112 valence electrons. The Hall–Kier alpha value is -1.67. The highest BCUT2D eigenvalue weighted by molar-refractivity contribution is 5.32. The van der Waals surface area contributed by atoms with Crippen LogP contribution in [0.15, 0.2) is 42.6 Å². The number of nitrogens with zero attached hydrogens (tertiary/aromatic N) is 1. The summed E-state index contributed by atoms with van der Waals surface area (Å²) < 4.78 is 0. The second kappa shape index (κ2) is 7.94. The van der Waals surface area contributed by atoms with Gasteiger partial charge in [0.2, 0.25) is 0 Å². The van der Waals surface area contributed by atoms with Crippen molar-refractivity contribution >= 4 is 0 Å². The molecule has 2 rings (SSSR count). The van der Waals surface area contributed by atoms with Crippen molar-refractivity contribution < 1.29 is 0 Å². The molecular weight excluding hydrogens is 256 g/mol. The van der Waals surface area contributed by atoms with Crippen LogP contribution in [0.5, 0.6) is 0 Å². The van der Waals surface area contributed by atoms with E-state index in [2.05, 4.69) is 61.4 Å². The average molecular weight is 282 g/mol. The predicted octanol–water partition coefficient (Wildman–Crippen LogP) is 4.43. The molecule has 0 aliphatic rings. The van der Waals surface area contributed by atoms with Gasteiger partial charge in [-0.25, -0.2) is 0 Å². The minimum atomic E-state index is 0.181. The highest BCUT2D eigenvalue weighted by atomic mass is 14.9. The van der Waals surface area contributed by atoms with Crippen LogP contribution in [-0.4, -0.2) is 11.5 Å². The van der Waals surface area contributed by atoms with E-state index >= 15 is 0 Å². The molecule has 0 bridgehead atoms. The molecule has 0 aliphatic heterocycles. The van der Waals surface area contributed by atoms with Crippen molar-refractivity contribution in [3.05, 3.63) is 65.0 Å². The van der Waals surface area contributed by atoms with Gasteiger partial charge in [0.1, 0.15) is 0 Å². The molecule has 0 saturated heterocycles. The molecule has 2 aromatic rings. The molecule has 1 unspecified atom stereocenters. The lowest BCUT2D eigenvalue weighted by molar-refractivity contribution is 0.586. The zero-order valence-electron chi connectivity index (χ0n) is 13.4. The van der Waals surface area contributed by atoms with E-state index in [1.54, 1.807) is 0 Å². The maximum Gasteiger partial charge on any atom is 0.0751 e. The molecule has 0 radical (unpaired) electrons. The maximum absolute atomic E-state index is 4.57. The van der Waals surface area contributed by atoms with Gasteiger partial charge in [0.05, 0.1) is 11.7 Å². The van der Waals surface area contributed by atoms with Crippen LogP contribution in [0.3, 0.4) is 0 Å². The third kappa shape index (κ3) is 4.40. The van der Waals surface area contributed by atoms with Gasteiger partial charge in [-0.2, -0.15) is 0 Å². The number of hydrogen-bond acceptors (Lipinski definition) is 2. The van der Waals surface area contributed by atoms with Crippen molar-refractivity contribution in [3.8, 4) is 0 Å². The molecule has 1 atom stereocenters. The number of pyridine rings is 1. The summed E-state index contributed by atoms with van der Waals surface area (Å²) in [6, 6.07) is 13.4. The summed E-state index contributed by atoms with van der Waals surface area (Å²) in [5.74, 6) is 0. The van der Waals surface area contributed by atoms with Crippen LogP contribution >= 0.6 is 0 Å². The highest BCUT2D eigenvalue weighted by Crippen LogP contribution is 2.22. The average Bonchev–Trinajstić information content (AvgIpc) is 2.50. The van der Waals surface area contributed by atoms with Crippen LogP contribution in [-0.2, 0) is 6.42 Å². The van der Waals surface area contributed by atoms with E-state index in [0.717, 1.165) is 25.1 Å². The van der Waals surface area contributed by atoms with E-state index in [9.17, 15) is 0 Å². The van der Waals surface area contributed by atoms with Crippen LogP contribution in [0.4, 0.5) is 0 Å². The number of rotatable bonds is 7. The minimum Gasteiger partial charge on any atom is -0.305 e. The molecule has 2 nitrogen and oxygen atoms in total. The summed E-state index contributed by atoms with van der Waals surface area (Å²) in [6.45, 7) is 7.53. The van der Waals surface area contributed by atoms with E-state index in [0.29, 0.717) is 0 Å². The molecule has 0 spiro atoms. The Bertz CT molecular complexity index is 546. The second-order valence-corrected chi connectivity index (χ2v) is 5.64. The summed E-state index contributed by atoms with van der Waals surface area (Å²) in [5, 5.41) is 3.62. The maximum atomic E-state index is 4.57. The van der Waals surface area contributed by atoms with E-state index in [1.165, 1.54) is 23.1 Å². The number of aryl methyl sites for hydroxylation is 2. The van der Waals surface area contributed by atoms with E-state index in [-0.39, 0.29) is 6.04 Å². The zero-order chi connectivity index (χ0) is 15.1. The summed E-state index contributed by atoms with van der Waals surface area (Å²) in [4.78, 5) is 4.57. The van der Waals surface area contributed by atoms with Gasteiger partial charge in [0, 0.05) is 6.20 Å². The van der Waals surface area contributed by atoms with Crippen LogP contribution in [0.2, 0.25) is 0 Å². The first kappa shape index (κ1) is 15.7. The Morgan fingerprint density at radius 2 is 1.81 bits per heavy atom. The first-order chi connectivity index (χ1) is 10.2. The molecule has 1 heterocycles. The van der Waals surface area contributed by atoms with E-state index < -0.39 is 0 Å². The van der Waals surface area contributed by atoms with Crippen LogP contribution < -0.4 is 5.32 Å². The minimum absolute atomic E-state index is 0.181. The lowest BCUT2D eigenvalue weighted by Crippen LogP contribution is -2.24. The van der Waals surface area contributed by atoms with Gasteiger partial charge >= 0.3 is 0 Å². The van der Waals surface area contributed by atoms with Gasteiger partial charge in [-0.05, 0) is 55.1 Å². The Morgan fingerprint density at radius 3 is 2.43 bits per heavy atom. The van der Waals surface area contributed by atoms with Crippen LogP contribution in [0.1, 0.15) is 55.1 Å². The van der Waals surface area contributed by atoms with Crippen molar-refractivity contribution in [3.63, 3.8) is 0 Å². The van der Waals surface area contributed by atoms with Gasteiger partial charge in [-0.15, -0.1) is 0 Å². The third-order valence-electron chi connectivity index (χ3n) is 3.68. The topological polar surface area (TPSA) is 24.9 Å². The van der Waals surface area contributed by atoms with Crippen molar-refractivity contribution in [2.45, 2.75) is 46.1 Å². The van der Waals surface area contributed by atoms with Crippen LogP contribution in [0.25, 0.3) is 0 Å². The first-order valence-corrected chi connectivity index (χ1v) is 7.99. The largest absolute Gasteiger partial charge is 0.305 e. The van der Waals surface area contributed by atoms with Gasteiger partial charge in [0.15, 0.2) is 0 Å². The molecule has 1 aromatic carbocycles. The fourth-order valence-corrected chi connectivity index (χ4v) is 2.56. The van der Waals surface area contributed by atoms with Crippen molar-refractivity contribution in [2.24, 2.45) is 0 Å². The Labute approximate surface area is 128 Å². The Kier molecular flexibility index (Phi) is 5.94. The lowest BCUT2D eigenvalue weighted by Gasteiger charge is -2.19. The number of aromatic nitrogens is 1. The Balaban J connectivity index is 2.26. The zero-order valence-corrected chi connectivity index (χ0v) is 13.4. The molecule has 0 saturated carbocycles. The van der Waals surface area contributed by atoms with Crippen LogP contribution in [0, 0.1) is 6.92 Å². The normalized spacial score (nSPS) is 12.3. The molecule has 1 N–H and O–H groups in total. The van der Waals surface area contributed by atoms with Gasteiger partial charge < -0.3 is 5.32 Å². The van der Waals surface area contributed by atoms with Crippen molar-refractivity contribution in [2.75, 3.05) is 6.54 Å². The monoisotopic (exact) mass is 282 g/mol. The molecular formula is C19H26N2. The number of benzene rings is 1. The van der Waals surface area contributed by atoms with E-state index in [1.807, 2.05) is 12.3 Å². The summed E-state index contributed by atoms with van der Waals surface area (Å²) in [5.41, 5.74) is 5.06. The van der Waals surface area contributed by atoms with E-state index in [4.69, 9.17) is 0 Å². The molecule has 0 amide bonds. The summed E-state index contributed by atoms with van der Waals surface area (Å²) in [6.07, 6.45) is 5.36. The highest BCUT2D eigenvalue weighted by Gasteiger charge is 2.14. The lowest BCUT2D eigenvalue weighted by atomic mass is 9.99. The standard InChI is InChI=1S/C19H26N2/c1-4-6-16-7-9-17(10-8-16)19(21-12-5-2)18-14-15(3)11-13-20-18/h7-11,13-14,19,21H,4-6,12H2,1-3H3. The Morgan fingerprint density at radius 1 is 1.05 bits per heavy atom. The number of nitrogens with one attached hydrogen (secondary N) is 1. The first-order valence-electron chi connectivity index (χ1n) is 7.99. The fourth-order valence-electron chi connectivity index (χ4n) is 2.56. The van der Waals surface area contributed by atoms with Crippen molar-refractivity contribution in [1.29, 1.82) is 0 Å². The third-order valence-corrected chi connectivity index (χ3v) is 3.68. The molecule has 0 fully saturated rings. The summed E-state index contributed by atoms with van der Waals surface area (Å²) in [7, 11) is 0. The molecule has 0 aliphatic carbocycles. The van der Waals surface area contributed by atoms with Gasteiger partial charge in [-0.1, -0.05) is 44.5 Å². The van der Waals surface area contributed by atoms with Crippen molar-refractivity contribution in [1.82, 2.24) is 10.3 Å². The SMILES string of the molecule is CCCNC(c1ccc(CCC)cc1)c1cc(C)ccn1. The number of hydrogen-bond donors (Lipinski definition) is 1. The molecule has 1 aromatic heterocycles.